The van der Waals surface area contributed by atoms with Gasteiger partial charge in [0.05, 0.1) is 5.56 Å². The van der Waals surface area contributed by atoms with E-state index in [1.807, 2.05) is 11.7 Å². The fraction of sp³-hybridized carbons (Fsp3) is 0.455. The van der Waals surface area contributed by atoms with Gasteiger partial charge in [-0.05, 0) is 22.7 Å². The first-order valence-corrected chi connectivity index (χ1v) is 4.72. The molecule has 68 valence electrons. The molecule has 0 N–H and O–H groups in total. The van der Waals surface area contributed by atoms with E-state index in [1.165, 1.54) is 16.8 Å². The van der Waals surface area contributed by atoms with Crippen molar-refractivity contribution in [1.29, 1.82) is 0 Å². The molecule has 2 nitrogen and oxygen atoms in total. The van der Waals surface area contributed by atoms with Crippen LogP contribution in [0.2, 0.25) is 0 Å². The van der Waals surface area contributed by atoms with Gasteiger partial charge in [-0.3, -0.25) is 0 Å². The fourth-order valence-corrected chi connectivity index (χ4v) is 1.67. The highest BCUT2D eigenvalue weighted by molar-refractivity contribution is 5.44. The first-order chi connectivity index (χ1) is 6.18. The largest absolute Gasteiger partial charge is 0.236 e. The number of hydrogen-bond acceptors (Lipinski definition) is 1. The Labute approximate surface area is 78.9 Å². The summed E-state index contributed by atoms with van der Waals surface area (Å²) in [5.41, 5.74) is 4.02. The van der Waals surface area contributed by atoms with Crippen molar-refractivity contribution >= 4 is 5.69 Å². The molecule has 0 saturated heterocycles. The van der Waals surface area contributed by atoms with Gasteiger partial charge in [0.15, 0.2) is 7.05 Å². The molecule has 1 heterocycles. The average Bonchev–Trinajstić information content (AvgIpc) is 2.47. The molecule has 0 bridgehead atoms. The second-order valence-electron chi connectivity index (χ2n) is 3.87. The van der Waals surface area contributed by atoms with Crippen molar-refractivity contribution in [2.75, 3.05) is 7.05 Å². The second-order valence-corrected chi connectivity index (χ2v) is 3.87. The Morgan fingerprint density at radius 1 is 1.38 bits per heavy atom. The molecule has 13 heavy (non-hydrogen) atoms. The topological polar surface area (TPSA) is 15.4 Å². The summed E-state index contributed by atoms with van der Waals surface area (Å²) in [7, 11) is 2.00. The zero-order valence-electron chi connectivity index (χ0n) is 8.41. The number of rotatable bonds is 1. The molecule has 0 aromatic heterocycles. The van der Waals surface area contributed by atoms with E-state index in [0.29, 0.717) is 5.92 Å². The molecule has 0 spiro atoms. The van der Waals surface area contributed by atoms with Crippen LogP contribution in [0.3, 0.4) is 0 Å². The lowest BCUT2D eigenvalue weighted by Crippen LogP contribution is -1.92. The maximum atomic E-state index is 4.34. The molecule has 0 unspecified atom stereocenters. The Kier molecular flexibility index (Phi) is 1.91. The van der Waals surface area contributed by atoms with Gasteiger partial charge < -0.3 is 0 Å². The van der Waals surface area contributed by atoms with Crippen LogP contribution in [-0.4, -0.2) is 11.7 Å². The molecule has 0 fully saturated rings. The Hall–Kier alpha value is -1.18. The third kappa shape index (κ3) is 1.37. The molecular weight excluding hydrogens is 160 g/mol. The predicted molar refractivity (Wildman–Crippen MR) is 52.5 cm³/mol. The maximum Gasteiger partial charge on any atom is 0.236 e. The van der Waals surface area contributed by atoms with Crippen LogP contribution in [0.1, 0.15) is 30.9 Å². The second kappa shape index (κ2) is 2.95. The van der Waals surface area contributed by atoms with Crippen molar-refractivity contribution in [3.63, 3.8) is 0 Å². The average molecular weight is 175 g/mol. The summed E-state index contributed by atoms with van der Waals surface area (Å²) >= 11 is 0. The van der Waals surface area contributed by atoms with Crippen molar-refractivity contribution in [1.82, 2.24) is 0 Å². The summed E-state index contributed by atoms with van der Waals surface area (Å²) in [6, 6.07) is 6.63. The first kappa shape index (κ1) is 8.42. The minimum absolute atomic E-state index is 0.608. The van der Waals surface area contributed by atoms with E-state index in [0.717, 1.165) is 6.54 Å². The Morgan fingerprint density at radius 2 is 2.15 bits per heavy atom. The van der Waals surface area contributed by atoms with Crippen molar-refractivity contribution in [3.05, 3.63) is 29.3 Å². The molecule has 1 aromatic carbocycles. The summed E-state index contributed by atoms with van der Waals surface area (Å²) in [4.78, 5) is 0. The monoisotopic (exact) mass is 175 g/mol. The van der Waals surface area contributed by atoms with Gasteiger partial charge in [-0.15, -0.1) is 0 Å². The van der Waals surface area contributed by atoms with E-state index in [1.54, 1.807) is 0 Å². The minimum Gasteiger partial charge on any atom is -0.0911 e. The lowest BCUT2D eigenvalue weighted by Gasteiger charge is -2.04. The van der Waals surface area contributed by atoms with Gasteiger partial charge in [0.2, 0.25) is 5.69 Å². The zero-order valence-corrected chi connectivity index (χ0v) is 8.41. The van der Waals surface area contributed by atoms with E-state index in [9.17, 15) is 0 Å². The molecule has 0 atom stereocenters. The van der Waals surface area contributed by atoms with Crippen molar-refractivity contribution < 1.29 is 4.70 Å². The Morgan fingerprint density at radius 3 is 2.85 bits per heavy atom. The summed E-state index contributed by atoms with van der Waals surface area (Å²) < 4.78 is 1.96. The van der Waals surface area contributed by atoms with Gasteiger partial charge >= 0.3 is 0 Å². The standard InChI is InChI=1S/C11H15N2/c1-8(2)9-4-5-11-10(6-9)7-12-13(11)3/h4-6,8H,7H2,1-3H3/q+1. The van der Waals surface area contributed by atoms with E-state index < -0.39 is 0 Å². The Balaban J connectivity index is 2.44. The van der Waals surface area contributed by atoms with Crippen LogP contribution in [0.15, 0.2) is 23.3 Å². The molecule has 2 rings (SSSR count). The van der Waals surface area contributed by atoms with Gasteiger partial charge in [-0.1, -0.05) is 24.6 Å². The fourth-order valence-electron chi connectivity index (χ4n) is 1.67. The normalized spacial score (nSPS) is 14.6. The lowest BCUT2D eigenvalue weighted by atomic mass is 10.00. The SMILES string of the molecule is CC(C)c1ccc2c(c1)CN=[N+]2C. The number of benzene rings is 1. The van der Waals surface area contributed by atoms with Crippen LogP contribution >= 0.6 is 0 Å². The molecule has 2 heteroatoms. The third-order valence-corrected chi connectivity index (χ3v) is 2.57. The molecule has 0 amide bonds. The van der Waals surface area contributed by atoms with Gasteiger partial charge in [0, 0.05) is 6.07 Å². The summed E-state index contributed by atoms with van der Waals surface area (Å²) in [6.45, 7) is 5.28. The zero-order chi connectivity index (χ0) is 9.42. The van der Waals surface area contributed by atoms with E-state index >= 15 is 0 Å². The van der Waals surface area contributed by atoms with Crippen LogP contribution in [0.25, 0.3) is 0 Å². The highest BCUT2D eigenvalue weighted by atomic mass is 15.3. The number of hydrogen-bond donors (Lipinski definition) is 0. The van der Waals surface area contributed by atoms with Gasteiger partial charge in [-0.25, -0.2) is 0 Å². The van der Waals surface area contributed by atoms with Crippen LogP contribution in [0, 0.1) is 0 Å². The van der Waals surface area contributed by atoms with Gasteiger partial charge in [-0.2, -0.15) is 0 Å². The maximum absolute atomic E-state index is 4.34. The van der Waals surface area contributed by atoms with E-state index in [4.69, 9.17) is 0 Å². The predicted octanol–water partition coefficient (Wildman–Crippen LogP) is 3.05. The first-order valence-electron chi connectivity index (χ1n) is 4.72. The summed E-state index contributed by atoms with van der Waals surface area (Å²) in [5.74, 6) is 0.608. The molecular formula is C11H15N2+. The third-order valence-electron chi connectivity index (χ3n) is 2.57. The lowest BCUT2D eigenvalue weighted by molar-refractivity contribution is -0.476. The molecule has 1 aliphatic heterocycles. The minimum atomic E-state index is 0.608. The molecule has 0 radical (unpaired) electrons. The highest BCUT2D eigenvalue weighted by Gasteiger charge is 2.20. The Bertz CT molecular complexity index is 364. The number of fused-ring (bicyclic) bond motifs is 1. The van der Waals surface area contributed by atoms with Crippen LogP contribution < -0.4 is 0 Å². The van der Waals surface area contributed by atoms with Gasteiger partial charge in [0.1, 0.15) is 6.54 Å². The smallest absolute Gasteiger partial charge is 0.0911 e. The van der Waals surface area contributed by atoms with Crippen molar-refractivity contribution in [3.8, 4) is 0 Å². The highest BCUT2D eigenvalue weighted by Crippen LogP contribution is 2.28. The summed E-state index contributed by atoms with van der Waals surface area (Å²) in [5, 5.41) is 4.34. The molecule has 1 aliphatic rings. The summed E-state index contributed by atoms with van der Waals surface area (Å²) in [6.07, 6.45) is 0. The van der Waals surface area contributed by atoms with Crippen LogP contribution in [-0.2, 0) is 6.54 Å². The molecule has 1 aromatic rings. The number of azo groups is 2. The number of nitrogens with zero attached hydrogens (tertiary/aromatic N) is 2. The molecule has 0 saturated carbocycles. The van der Waals surface area contributed by atoms with Crippen molar-refractivity contribution in [2.45, 2.75) is 26.3 Å². The van der Waals surface area contributed by atoms with E-state index in [-0.39, 0.29) is 0 Å². The molecule has 0 aliphatic carbocycles. The van der Waals surface area contributed by atoms with Crippen molar-refractivity contribution in [2.24, 2.45) is 5.11 Å². The van der Waals surface area contributed by atoms with Crippen LogP contribution in [0.5, 0.6) is 0 Å². The van der Waals surface area contributed by atoms with E-state index in [2.05, 4.69) is 37.2 Å². The van der Waals surface area contributed by atoms with Gasteiger partial charge in [0.25, 0.3) is 0 Å². The quantitative estimate of drug-likeness (QED) is 0.583. The van der Waals surface area contributed by atoms with Crippen LogP contribution in [0.4, 0.5) is 5.69 Å².